The molecule has 0 atom stereocenters. The molecule has 94 valence electrons. The first-order valence-electron chi connectivity index (χ1n) is 6.91. The second-order valence-corrected chi connectivity index (χ2v) is 3.22. The van der Waals surface area contributed by atoms with Gasteiger partial charge in [0.05, 0.1) is 0 Å². The summed E-state index contributed by atoms with van der Waals surface area (Å²) in [4.78, 5) is 0. The lowest BCUT2D eigenvalue weighted by Gasteiger charge is -2.05. The summed E-state index contributed by atoms with van der Waals surface area (Å²) in [6.07, 6.45) is 3.46. The normalized spacial score (nSPS) is 8.44. The van der Waals surface area contributed by atoms with Crippen LogP contribution in [0.5, 0.6) is 0 Å². The van der Waals surface area contributed by atoms with Crippen LogP contribution in [0.15, 0.2) is 18.2 Å². The summed E-state index contributed by atoms with van der Waals surface area (Å²) in [7, 11) is 0. The minimum Gasteiger partial charge on any atom is -0.0683 e. The zero-order chi connectivity index (χ0) is 13.0. The highest BCUT2D eigenvalue weighted by Gasteiger charge is 1.96. The molecule has 0 saturated heterocycles. The van der Waals surface area contributed by atoms with Gasteiger partial charge in [-0.3, -0.25) is 0 Å². The van der Waals surface area contributed by atoms with E-state index in [4.69, 9.17) is 0 Å². The van der Waals surface area contributed by atoms with Crippen molar-refractivity contribution in [2.45, 2.75) is 67.7 Å². The maximum atomic E-state index is 2.32. The van der Waals surface area contributed by atoms with E-state index in [0.717, 1.165) is 19.3 Å². The van der Waals surface area contributed by atoms with Gasteiger partial charge in [0.2, 0.25) is 0 Å². The molecule has 0 unspecified atom stereocenters. The maximum Gasteiger partial charge on any atom is -0.0307 e. The molecular weight excluding hydrogens is 192 g/mol. The van der Waals surface area contributed by atoms with Gasteiger partial charge < -0.3 is 0 Å². The zero-order valence-corrected chi connectivity index (χ0v) is 12.4. The average Bonchev–Trinajstić information content (AvgIpc) is 2.42. The van der Waals surface area contributed by atoms with E-state index >= 15 is 0 Å². The third-order valence-electron chi connectivity index (χ3n) is 2.34. The van der Waals surface area contributed by atoms with Crippen molar-refractivity contribution in [2.75, 3.05) is 0 Å². The third-order valence-corrected chi connectivity index (χ3v) is 2.34. The molecule has 0 radical (unpaired) electrons. The van der Waals surface area contributed by atoms with Crippen LogP contribution in [-0.4, -0.2) is 0 Å². The van der Waals surface area contributed by atoms with E-state index in [9.17, 15) is 0 Å². The standard InChI is InChI=1S/C12H18.2C2H6/c1-4-10-7-11(5-2)9-12(6-3)8-10;2*1-2/h7-9H,4-6H2,1-3H3;2*1-2H3. The van der Waals surface area contributed by atoms with Gasteiger partial charge in [0.15, 0.2) is 0 Å². The Balaban J connectivity index is 0. The summed E-state index contributed by atoms with van der Waals surface area (Å²) in [5.41, 5.74) is 4.43. The van der Waals surface area contributed by atoms with Crippen LogP contribution in [0, 0.1) is 0 Å². The molecule has 0 fully saturated rings. The number of benzene rings is 1. The molecule has 0 heteroatoms. The minimum atomic E-state index is 1.15. The first-order chi connectivity index (χ1) is 7.80. The molecule has 0 aromatic heterocycles. The molecule has 0 spiro atoms. The van der Waals surface area contributed by atoms with Crippen molar-refractivity contribution >= 4 is 0 Å². The molecule has 0 aliphatic heterocycles. The van der Waals surface area contributed by atoms with Crippen LogP contribution in [0.3, 0.4) is 0 Å². The first-order valence-corrected chi connectivity index (χ1v) is 6.91. The van der Waals surface area contributed by atoms with Crippen molar-refractivity contribution < 1.29 is 0 Å². The van der Waals surface area contributed by atoms with Crippen LogP contribution >= 0.6 is 0 Å². The Bertz CT molecular complexity index is 193. The topological polar surface area (TPSA) is 0 Å². The second kappa shape index (κ2) is 12.3. The van der Waals surface area contributed by atoms with Crippen LogP contribution in [0.25, 0.3) is 0 Å². The molecule has 0 heterocycles. The highest BCUT2D eigenvalue weighted by molar-refractivity contribution is 5.30. The van der Waals surface area contributed by atoms with Gasteiger partial charge in [-0.05, 0) is 36.0 Å². The van der Waals surface area contributed by atoms with Crippen molar-refractivity contribution in [3.8, 4) is 0 Å². The molecule has 0 bridgehead atoms. The third kappa shape index (κ3) is 6.66. The van der Waals surface area contributed by atoms with E-state index in [1.165, 1.54) is 16.7 Å². The van der Waals surface area contributed by atoms with E-state index in [1.54, 1.807) is 0 Å². The van der Waals surface area contributed by atoms with E-state index in [-0.39, 0.29) is 0 Å². The highest BCUT2D eigenvalue weighted by Crippen LogP contribution is 2.12. The Morgan fingerprint density at radius 3 is 0.875 bits per heavy atom. The molecule has 0 aliphatic carbocycles. The summed E-state index contributed by atoms with van der Waals surface area (Å²) in [5.74, 6) is 0. The van der Waals surface area contributed by atoms with E-state index in [0.29, 0.717) is 0 Å². The van der Waals surface area contributed by atoms with Gasteiger partial charge in [-0.15, -0.1) is 0 Å². The van der Waals surface area contributed by atoms with Gasteiger partial charge in [-0.25, -0.2) is 0 Å². The second-order valence-electron chi connectivity index (χ2n) is 3.22. The maximum absolute atomic E-state index is 2.32. The van der Waals surface area contributed by atoms with Crippen molar-refractivity contribution in [3.05, 3.63) is 34.9 Å². The summed E-state index contributed by atoms with van der Waals surface area (Å²) in [6, 6.07) is 6.96. The zero-order valence-electron chi connectivity index (χ0n) is 12.4. The Morgan fingerprint density at radius 1 is 0.562 bits per heavy atom. The highest BCUT2D eigenvalue weighted by atomic mass is 14.0. The Labute approximate surface area is 103 Å². The van der Waals surface area contributed by atoms with Gasteiger partial charge in [-0.2, -0.15) is 0 Å². The van der Waals surface area contributed by atoms with Crippen LogP contribution in [0.4, 0.5) is 0 Å². The summed E-state index contributed by atoms with van der Waals surface area (Å²) in [6.45, 7) is 14.6. The molecule has 0 aliphatic rings. The fourth-order valence-corrected chi connectivity index (χ4v) is 1.45. The van der Waals surface area contributed by atoms with Gasteiger partial charge >= 0.3 is 0 Å². The molecule has 1 aromatic carbocycles. The number of aryl methyl sites for hydroxylation is 3. The van der Waals surface area contributed by atoms with Crippen molar-refractivity contribution in [1.29, 1.82) is 0 Å². The predicted octanol–water partition coefficient (Wildman–Crippen LogP) is 5.43. The monoisotopic (exact) mass is 222 g/mol. The van der Waals surface area contributed by atoms with E-state index < -0.39 is 0 Å². The van der Waals surface area contributed by atoms with Crippen molar-refractivity contribution in [2.24, 2.45) is 0 Å². The molecule has 16 heavy (non-hydrogen) atoms. The largest absolute Gasteiger partial charge is 0.0683 e. The fraction of sp³-hybridized carbons (Fsp3) is 0.625. The Morgan fingerprint density at radius 2 is 0.750 bits per heavy atom. The summed E-state index contributed by atoms with van der Waals surface area (Å²) < 4.78 is 0. The number of hydrogen-bond acceptors (Lipinski definition) is 0. The minimum absolute atomic E-state index is 1.15. The smallest absolute Gasteiger partial charge is 0.0307 e. The molecule has 0 amide bonds. The lowest BCUT2D eigenvalue weighted by molar-refractivity contribution is 1.04. The predicted molar refractivity (Wildman–Crippen MR) is 77.3 cm³/mol. The molecule has 1 rings (SSSR count). The molecule has 0 saturated carbocycles. The lowest BCUT2D eigenvalue weighted by atomic mass is 10.0. The van der Waals surface area contributed by atoms with Crippen molar-refractivity contribution in [3.63, 3.8) is 0 Å². The number of rotatable bonds is 3. The molecule has 0 nitrogen and oxygen atoms in total. The van der Waals surface area contributed by atoms with Crippen molar-refractivity contribution in [1.82, 2.24) is 0 Å². The molecule has 0 N–H and O–H groups in total. The van der Waals surface area contributed by atoms with Crippen LogP contribution < -0.4 is 0 Å². The van der Waals surface area contributed by atoms with Gasteiger partial charge in [-0.1, -0.05) is 66.7 Å². The molecular formula is C16H30. The quantitative estimate of drug-likeness (QED) is 0.640. The SMILES string of the molecule is CC.CC.CCc1cc(CC)cc(CC)c1. The first kappa shape index (κ1) is 17.6. The average molecular weight is 222 g/mol. The van der Waals surface area contributed by atoms with Gasteiger partial charge in [0.1, 0.15) is 0 Å². The van der Waals surface area contributed by atoms with E-state index in [1.807, 2.05) is 27.7 Å². The van der Waals surface area contributed by atoms with Crippen LogP contribution in [0.1, 0.15) is 65.2 Å². The van der Waals surface area contributed by atoms with Gasteiger partial charge in [0.25, 0.3) is 0 Å². The Kier molecular flexibility index (Phi) is 13.5. The summed E-state index contributed by atoms with van der Waals surface area (Å²) >= 11 is 0. The van der Waals surface area contributed by atoms with Crippen LogP contribution in [-0.2, 0) is 19.3 Å². The van der Waals surface area contributed by atoms with E-state index in [2.05, 4.69) is 39.0 Å². The van der Waals surface area contributed by atoms with Gasteiger partial charge in [0, 0.05) is 0 Å². The Hall–Kier alpha value is -0.780. The summed E-state index contributed by atoms with van der Waals surface area (Å²) in [5, 5.41) is 0. The lowest BCUT2D eigenvalue weighted by Crippen LogP contribution is -1.90. The molecule has 1 aromatic rings. The number of hydrogen-bond donors (Lipinski definition) is 0. The fourth-order valence-electron chi connectivity index (χ4n) is 1.45. The van der Waals surface area contributed by atoms with Crippen LogP contribution in [0.2, 0.25) is 0 Å².